The Morgan fingerprint density at radius 3 is 2.60 bits per heavy atom. The van der Waals surface area contributed by atoms with Crippen LogP contribution >= 0.6 is 11.8 Å². The van der Waals surface area contributed by atoms with Crippen LogP contribution in [0.3, 0.4) is 0 Å². The van der Waals surface area contributed by atoms with E-state index in [2.05, 4.69) is 11.4 Å². The van der Waals surface area contributed by atoms with Crippen LogP contribution in [0.4, 0.5) is 0 Å². The number of hydrogen-bond donors (Lipinski definition) is 2. The van der Waals surface area contributed by atoms with E-state index < -0.39 is 11.9 Å². The Hall–Kier alpha value is -1.75. The van der Waals surface area contributed by atoms with Crippen molar-refractivity contribution in [2.75, 3.05) is 5.75 Å². The monoisotopic (exact) mass is 292 g/mol. The summed E-state index contributed by atoms with van der Waals surface area (Å²) in [6.45, 7) is 5.64. The Morgan fingerprint density at radius 1 is 1.35 bits per heavy atom. The fourth-order valence-electron chi connectivity index (χ4n) is 1.42. The van der Waals surface area contributed by atoms with Crippen molar-refractivity contribution in [3.8, 4) is 0 Å². The molecule has 0 aromatic heterocycles. The molecule has 0 aliphatic rings. The molecule has 3 N–H and O–H groups in total. The number of benzene rings is 1. The largest absolute Gasteiger partial charge is 0.368 e. The molecule has 1 aromatic rings. The van der Waals surface area contributed by atoms with E-state index in [1.54, 1.807) is 30.8 Å². The molecule has 4 nitrogen and oxygen atoms in total. The number of nitrogens with two attached hydrogens (primary N) is 1. The van der Waals surface area contributed by atoms with Crippen LogP contribution in [-0.2, 0) is 4.79 Å². The highest BCUT2D eigenvalue weighted by Gasteiger charge is 2.16. The SMILES string of the molecule is CC(C)=CCSc1ccccc1C(=O)N[C@@H](C)C(N)=O. The number of rotatable bonds is 6. The zero-order valence-corrected chi connectivity index (χ0v) is 12.8. The number of primary amides is 1. The quantitative estimate of drug-likeness (QED) is 0.624. The molecule has 1 aromatic carbocycles. The number of thioether (sulfide) groups is 1. The summed E-state index contributed by atoms with van der Waals surface area (Å²) in [6.07, 6.45) is 2.10. The molecule has 1 atom stereocenters. The molecular formula is C15H20N2O2S. The van der Waals surface area contributed by atoms with Gasteiger partial charge in [-0.05, 0) is 32.9 Å². The minimum Gasteiger partial charge on any atom is -0.368 e. The predicted molar refractivity (Wildman–Crippen MR) is 82.7 cm³/mol. The lowest BCUT2D eigenvalue weighted by atomic mass is 10.2. The number of nitrogens with one attached hydrogen (secondary N) is 1. The summed E-state index contributed by atoms with van der Waals surface area (Å²) in [5.41, 5.74) is 6.95. The minimum absolute atomic E-state index is 0.281. The van der Waals surface area contributed by atoms with Gasteiger partial charge < -0.3 is 11.1 Å². The van der Waals surface area contributed by atoms with Crippen molar-refractivity contribution >= 4 is 23.6 Å². The summed E-state index contributed by atoms with van der Waals surface area (Å²) in [5, 5.41) is 2.59. The van der Waals surface area contributed by atoms with Crippen molar-refractivity contribution in [3.63, 3.8) is 0 Å². The lowest BCUT2D eigenvalue weighted by molar-refractivity contribution is -0.119. The van der Waals surface area contributed by atoms with Crippen LogP contribution in [0.5, 0.6) is 0 Å². The fraction of sp³-hybridized carbons (Fsp3) is 0.333. The van der Waals surface area contributed by atoms with Gasteiger partial charge in [0, 0.05) is 10.6 Å². The maximum atomic E-state index is 12.1. The normalized spacial score (nSPS) is 11.6. The molecule has 0 radical (unpaired) electrons. The van der Waals surface area contributed by atoms with Crippen LogP contribution in [0.25, 0.3) is 0 Å². The van der Waals surface area contributed by atoms with Crippen LogP contribution in [0.15, 0.2) is 40.8 Å². The zero-order chi connectivity index (χ0) is 15.1. The zero-order valence-electron chi connectivity index (χ0n) is 12.0. The average Bonchev–Trinajstić information content (AvgIpc) is 2.38. The maximum Gasteiger partial charge on any atom is 0.253 e. The van der Waals surface area contributed by atoms with Gasteiger partial charge in [0.15, 0.2) is 0 Å². The molecule has 0 fully saturated rings. The minimum atomic E-state index is -0.682. The smallest absolute Gasteiger partial charge is 0.253 e. The maximum absolute atomic E-state index is 12.1. The molecule has 108 valence electrons. The molecule has 0 saturated carbocycles. The Bertz CT molecular complexity index is 522. The van der Waals surface area contributed by atoms with E-state index in [0.717, 1.165) is 10.6 Å². The standard InChI is InChI=1S/C15H20N2O2S/c1-10(2)8-9-20-13-7-5-4-6-12(13)15(19)17-11(3)14(16)18/h4-8,11H,9H2,1-3H3,(H2,16,18)(H,17,19)/t11-/m0/s1. The van der Waals surface area contributed by atoms with Crippen LogP contribution in [0.1, 0.15) is 31.1 Å². The Kier molecular flexibility index (Phi) is 6.31. The highest BCUT2D eigenvalue weighted by atomic mass is 32.2. The Labute approximate surface area is 123 Å². The lowest BCUT2D eigenvalue weighted by Gasteiger charge is -2.12. The first-order chi connectivity index (χ1) is 9.41. The van der Waals surface area contributed by atoms with Gasteiger partial charge in [-0.2, -0.15) is 0 Å². The summed E-state index contributed by atoms with van der Waals surface area (Å²) in [6, 6.07) is 6.65. The molecule has 0 heterocycles. The first kappa shape index (κ1) is 16.3. The Morgan fingerprint density at radius 2 is 2.00 bits per heavy atom. The first-order valence-corrected chi connectivity index (χ1v) is 7.35. The van der Waals surface area contributed by atoms with Gasteiger partial charge in [-0.15, -0.1) is 11.8 Å². The van der Waals surface area contributed by atoms with Gasteiger partial charge >= 0.3 is 0 Å². The third-order valence-corrected chi connectivity index (χ3v) is 3.64. The highest BCUT2D eigenvalue weighted by molar-refractivity contribution is 7.99. The number of carbonyl (C=O) groups excluding carboxylic acids is 2. The summed E-state index contributed by atoms with van der Waals surface area (Å²) in [5.74, 6) is -0.0255. The van der Waals surface area contributed by atoms with E-state index in [1.807, 2.05) is 26.0 Å². The molecule has 2 amide bonds. The van der Waals surface area contributed by atoms with Gasteiger partial charge in [0.1, 0.15) is 6.04 Å². The van der Waals surface area contributed by atoms with Crippen molar-refractivity contribution in [3.05, 3.63) is 41.5 Å². The van der Waals surface area contributed by atoms with E-state index in [4.69, 9.17) is 5.73 Å². The van der Waals surface area contributed by atoms with Gasteiger partial charge in [0.2, 0.25) is 5.91 Å². The molecule has 1 rings (SSSR count). The molecule has 0 aliphatic heterocycles. The van der Waals surface area contributed by atoms with Crippen LogP contribution in [0.2, 0.25) is 0 Å². The Balaban J connectivity index is 2.81. The molecule has 5 heteroatoms. The second-order valence-corrected chi connectivity index (χ2v) is 5.75. The number of allylic oxidation sites excluding steroid dienone is 1. The van der Waals surface area contributed by atoms with Gasteiger partial charge in [0.25, 0.3) is 5.91 Å². The van der Waals surface area contributed by atoms with Crippen molar-refractivity contribution in [1.82, 2.24) is 5.32 Å². The lowest BCUT2D eigenvalue weighted by Crippen LogP contribution is -2.42. The third kappa shape index (κ3) is 5.09. The number of amides is 2. The van der Waals surface area contributed by atoms with Crippen LogP contribution < -0.4 is 11.1 Å². The van der Waals surface area contributed by atoms with E-state index in [0.29, 0.717) is 5.56 Å². The molecule has 20 heavy (non-hydrogen) atoms. The van der Waals surface area contributed by atoms with Gasteiger partial charge in [0.05, 0.1) is 5.56 Å². The van der Waals surface area contributed by atoms with Gasteiger partial charge in [-0.3, -0.25) is 9.59 Å². The van der Waals surface area contributed by atoms with Crippen molar-refractivity contribution in [2.24, 2.45) is 5.73 Å². The van der Waals surface area contributed by atoms with E-state index in [1.165, 1.54) is 5.57 Å². The topological polar surface area (TPSA) is 72.2 Å². The summed E-state index contributed by atoms with van der Waals surface area (Å²) < 4.78 is 0. The molecule has 0 bridgehead atoms. The molecule has 0 spiro atoms. The van der Waals surface area contributed by atoms with Crippen molar-refractivity contribution < 1.29 is 9.59 Å². The fourth-order valence-corrected chi connectivity index (χ4v) is 2.51. The van der Waals surface area contributed by atoms with E-state index in [9.17, 15) is 9.59 Å². The first-order valence-electron chi connectivity index (χ1n) is 6.37. The average molecular weight is 292 g/mol. The van der Waals surface area contributed by atoms with E-state index >= 15 is 0 Å². The van der Waals surface area contributed by atoms with Crippen molar-refractivity contribution in [1.29, 1.82) is 0 Å². The van der Waals surface area contributed by atoms with E-state index in [-0.39, 0.29) is 5.91 Å². The van der Waals surface area contributed by atoms with Crippen LogP contribution in [0, 0.1) is 0 Å². The molecule has 0 saturated heterocycles. The summed E-state index contributed by atoms with van der Waals surface area (Å²) in [7, 11) is 0. The summed E-state index contributed by atoms with van der Waals surface area (Å²) >= 11 is 1.59. The number of hydrogen-bond acceptors (Lipinski definition) is 3. The van der Waals surface area contributed by atoms with Gasteiger partial charge in [-0.1, -0.05) is 23.8 Å². The molecular weight excluding hydrogens is 272 g/mol. The van der Waals surface area contributed by atoms with Crippen LogP contribution in [-0.4, -0.2) is 23.6 Å². The molecule has 0 aliphatic carbocycles. The second-order valence-electron chi connectivity index (χ2n) is 4.69. The second kappa shape index (κ2) is 7.75. The van der Waals surface area contributed by atoms with Crippen molar-refractivity contribution in [2.45, 2.75) is 31.7 Å². The third-order valence-electron chi connectivity index (χ3n) is 2.64. The predicted octanol–water partition coefficient (Wildman–Crippen LogP) is 2.35. The highest BCUT2D eigenvalue weighted by Crippen LogP contribution is 2.23. The summed E-state index contributed by atoms with van der Waals surface area (Å²) in [4.78, 5) is 24.0. The number of carbonyl (C=O) groups is 2. The molecule has 0 unspecified atom stereocenters. The van der Waals surface area contributed by atoms with Gasteiger partial charge in [-0.25, -0.2) is 0 Å².